The van der Waals surface area contributed by atoms with Gasteiger partial charge in [0.05, 0.1) is 22.9 Å². The topological polar surface area (TPSA) is 73.5 Å². The lowest BCUT2D eigenvalue weighted by Gasteiger charge is -2.10. The van der Waals surface area contributed by atoms with Gasteiger partial charge in [-0.05, 0) is 61.5 Å². The van der Waals surface area contributed by atoms with Crippen molar-refractivity contribution in [1.29, 1.82) is 0 Å². The zero-order valence-corrected chi connectivity index (χ0v) is 18.6. The number of pyridine rings is 2. The van der Waals surface area contributed by atoms with Crippen molar-refractivity contribution in [2.45, 2.75) is 13.0 Å². The molecule has 2 N–H and O–H groups in total. The lowest BCUT2D eigenvalue weighted by atomic mass is 10.0. The van der Waals surface area contributed by atoms with Crippen LogP contribution in [0.25, 0.3) is 49.9 Å². The summed E-state index contributed by atoms with van der Waals surface area (Å²) in [7, 11) is 4.13. The molecule has 4 heterocycles. The number of hydrogen-bond acceptors (Lipinski definition) is 4. The van der Waals surface area contributed by atoms with Crippen LogP contribution in [0.5, 0.6) is 0 Å². The van der Waals surface area contributed by atoms with Crippen LogP contribution < -0.4 is 0 Å². The van der Waals surface area contributed by atoms with E-state index >= 15 is 0 Å². The van der Waals surface area contributed by atoms with Crippen LogP contribution in [-0.4, -0.2) is 44.1 Å². The number of aromatic amines is 2. The molecule has 0 aliphatic heterocycles. The molecule has 6 heteroatoms. The molecule has 0 spiro atoms. The Morgan fingerprint density at radius 1 is 0.909 bits per heavy atom. The average molecular weight is 433 g/mol. The molecule has 0 bridgehead atoms. The number of rotatable bonds is 5. The summed E-state index contributed by atoms with van der Waals surface area (Å²) in [6, 6.07) is 10.8. The Balaban J connectivity index is 1.45. The minimum atomic E-state index is 0.858. The van der Waals surface area contributed by atoms with Gasteiger partial charge in [-0.25, -0.2) is 0 Å². The number of hydrogen-bond donors (Lipinski definition) is 2. The third-order valence-electron chi connectivity index (χ3n) is 6.07. The van der Waals surface area contributed by atoms with Crippen molar-refractivity contribution in [3.63, 3.8) is 0 Å². The summed E-state index contributed by atoms with van der Waals surface area (Å²) >= 11 is 0. The lowest BCUT2D eigenvalue weighted by molar-refractivity contribution is 0.402. The number of nitrogens with one attached hydrogen (secondary N) is 2. The van der Waals surface area contributed by atoms with Gasteiger partial charge >= 0.3 is 0 Å². The van der Waals surface area contributed by atoms with E-state index in [0.717, 1.165) is 62.8 Å². The standard InChI is InChI=1S/C27H24N6/c1-33(2)16-17-9-20(13-28-12-17)19-7-8-24-22(10-19)27(32-31-24)25-11-21-23(18-5-3-4-6-18)14-29-15-26(21)30-25/h3,5-15,30H,4,16H2,1-2H3,(H,31,32). The second kappa shape index (κ2) is 7.83. The summed E-state index contributed by atoms with van der Waals surface area (Å²) in [6.45, 7) is 0.858. The Morgan fingerprint density at radius 3 is 2.67 bits per heavy atom. The SMILES string of the molecule is CN(C)Cc1cncc(-c2ccc3[nH]nc(-c4cc5c(C6=CCC=C6)cncc5[nH]4)c3c2)c1. The van der Waals surface area contributed by atoms with E-state index in [4.69, 9.17) is 0 Å². The van der Waals surface area contributed by atoms with Crippen LogP contribution in [-0.2, 0) is 6.54 Å². The molecule has 1 aromatic carbocycles. The fourth-order valence-electron chi connectivity index (χ4n) is 4.56. The van der Waals surface area contributed by atoms with E-state index in [1.807, 2.05) is 24.8 Å². The first-order chi connectivity index (χ1) is 16.2. The van der Waals surface area contributed by atoms with Gasteiger partial charge in [0.15, 0.2) is 0 Å². The average Bonchev–Trinajstić information content (AvgIpc) is 3.57. The highest BCUT2D eigenvalue weighted by Crippen LogP contribution is 2.34. The number of allylic oxidation sites excluding steroid dienone is 4. The van der Waals surface area contributed by atoms with Gasteiger partial charge in [-0.15, -0.1) is 0 Å². The zero-order chi connectivity index (χ0) is 22.4. The smallest absolute Gasteiger partial charge is 0.116 e. The van der Waals surface area contributed by atoms with E-state index in [9.17, 15) is 0 Å². The Labute approximate surface area is 191 Å². The van der Waals surface area contributed by atoms with Crippen LogP contribution in [0.15, 0.2) is 73.3 Å². The molecule has 0 saturated carbocycles. The van der Waals surface area contributed by atoms with E-state index in [-0.39, 0.29) is 0 Å². The lowest BCUT2D eigenvalue weighted by Crippen LogP contribution is -2.10. The third kappa shape index (κ3) is 3.54. The third-order valence-corrected chi connectivity index (χ3v) is 6.07. The molecule has 33 heavy (non-hydrogen) atoms. The fourth-order valence-corrected chi connectivity index (χ4v) is 4.56. The minimum absolute atomic E-state index is 0.858. The quantitative estimate of drug-likeness (QED) is 0.381. The molecule has 1 aliphatic carbocycles. The van der Waals surface area contributed by atoms with Gasteiger partial charge in [-0.1, -0.05) is 24.3 Å². The minimum Gasteiger partial charge on any atom is -0.352 e. The number of nitrogens with zero attached hydrogens (tertiary/aromatic N) is 4. The summed E-state index contributed by atoms with van der Waals surface area (Å²) in [5.74, 6) is 0. The second-order valence-corrected chi connectivity index (χ2v) is 8.78. The van der Waals surface area contributed by atoms with Crippen LogP contribution in [0, 0.1) is 0 Å². The first kappa shape index (κ1) is 19.6. The van der Waals surface area contributed by atoms with Crippen molar-refractivity contribution in [2.24, 2.45) is 0 Å². The Hall–Kier alpha value is -4.03. The molecule has 0 amide bonds. The predicted molar refractivity (Wildman–Crippen MR) is 134 cm³/mol. The molecule has 162 valence electrons. The number of benzene rings is 1. The molecule has 0 atom stereocenters. The summed E-state index contributed by atoms with van der Waals surface area (Å²) in [5.41, 5.74) is 9.68. The van der Waals surface area contributed by atoms with Crippen LogP contribution in [0.1, 0.15) is 17.5 Å². The van der Waals surface area contributed by atoms with Gasteiger partial charge in [0.1, 0.15) is 5.69 Å². The van der Waals surface area contributed by atoms with Gasteiger partial charge in [0, 0.05) is 47.0 Å². The van der Waals surface area contributed by atoms with Crippen molar-refractivity contribution in [3.05, 3.63) is 84.5 Å². The predicted octanol–water partition coefficient (Wildman–Crippen LogP) is 5.57. The van der Waals surface area contributed by atoms with Crippen molar-refractivity contribution in [2.75, 3.05) is 14.1 Å². The zero-order valence-electron chi connectivity index (χ0n) is 18.6. The van der Waals surface area contributed by atoms with Gasteiger partial charge < -0.3 is 9.88 Å². The summed E-state index contributed by atoms with van der Waals surface area (Å²) in [5, 5.41) is 10.1. The van der Waals surface area contributed by atoms with Gasteiger partial charge in [0.25, 0.3) is 0 Å². The molecule has 6 nitrogen and oxygen atoms in total. The first-order valence-corrected chi connectivity index (χ1v) is 11.1. The molecule has 0 fully saturated rings. The highest BCUT2D eigenvalue weighted by atomic mass is 15.1. The maximum atomic E-state index is 4.65. The molecule has 4 aromatic heterocycles. The summed E-state index contributed by atoms with van der Waals surface area (Å²) < 4.78 is 0. The van der Waals surface area contributed by atoms with Crippen molar-refractivity contribution >= 4 is 27.4 Å². The molecule has 0 radical (unpaired) electrons. The van der Waals surface area contributed by atoms with E-state index in [1.54, 1.807) is 0 Å². The Kier molecular flexibility index (Phi) is 4.66. The van der Waals surface area contributed by atoms with E-state index in [2.05, 4.69) is 92.7 Å². The van der Waals surface area contributed by atoms with Crippen LogP contribution in [0.4, 0.5) is 0 Å². The molecule has 0 saturated heterocycles. The normalized spacial score (nSPS) is 13.5. The molecular weight excluding hydrogens is 408 g/mol. The summed E-state index contributed by atoms with van der Waals surface area (Å²) in [6.07, 6.45) is 15.2. The highest BCUT2D eigenvalue weighted by molar-refractivity contribution is 6.01. The molecule has 0 unspecified atom stereocenters. The van der Waals surface area contributed by atoms with E-state index in [0.29, 0.717) is 0 Å². The number of H-pyrrole nitrogens is 2. The first-order valence-electron chi connectivity index (χ1n) is 11.1. The Morgan fingerprint density at radius 2 is 1.82 bits per heavy atom. The van der Waals surface area contributed by atoms with Crippen molar-refractivity contribution in [1.82, 2.24) is 30.0 Å². The van der Waals surface area contributed by atoms with Crippen LogP contribution >= 0.6 is 0 Å². The van der Waals surface area contributed by atoms with Crippen LogP contribution in [0.2, 0.25) is 0 Å². The van der Waals surface area contributed by atoms with Gasteiger partial charge in [-0.3, -0.25) is 15.1 Å². The monoisotopic (exact) mass is 432 g/mol. The maximum Gasteiger partial charge on any atom is 0.116 e. The molecule has 6 rings (SSSR count). The number of fused-ring (bicyclic) bond motifs is 2. The van der Waals surface area contributed by atoms with E-state index < -0.39 is 0 Å². The van der Waals surface area contributed by atoms with Crippen molar-refractivity contribution in [3.8, 4) is 22.5 Å². The largest absolute Gasteiger partial charge is 0.352 e. The van der Waals surface area contributed by atoms with Gasteiger partial charge in [-0.2, -0.15) is 5.10 Å². The maximum absolute atomic E-state index is 4.65. The van der Waals surface area contributed by atoms with Crippen molar-refractivity contribution < 1.29 is 0 Å². The second-order valence-electron chi connectivity index (χ2n) is 8.78. The van der Waals surface area contributed by atoms with Crippen LogP contribution in [0.3, 0.4) is 0 Å². The number of aromatic nitrogens is 5. The van der Waals surface area contributed by atoms with Gasteiger partial charge in [0.2, 0.25) is 0 Å². The Bertz CT molecular complexity index is 1550. The molecule has 5 aromatic rings. The molecule has 1 aliphatic rings. The highest BCUT2D eigenvalue weighted by Gasteiger charge is 2.15. The fraction of sp³-hybridized carbons (Fsp3) is 0.148. The molecular formula is C27H24N6. The van der Waals surface area contributed by atoms with E-state index in [1.165, 1.54) is 11.1 Å². The summed E-state index contributed by atoms with van der Waals surface area (Å²) in [4.78, 5) is 14.6.